The van der Waals surface area contributed by atoms with Gasteiger partial charge in [0.15, 0.2) is 0 Å². The van der Waals surface area contributed by atoms with Crippen molar-refractivity contribution >= 4 is 17.7 Å². The molecule has 31 heavy (non-hydrogen) atoms. The van der Waals surface area contributed by atoms with E-state index in [4.69, 9.17) is 0 Å². The summed E-state index contributed by atoms with van der Waals surface area (Å²) in [5.74, 6) is -0.816. The Hall–Kier alpha value is -3.81. The van der Waals surface area contributed by atoms with E-state index >= 15 is 0 Å². The number of benzene rings is 2. The van der Waals surface area contributed by atoms with E-state index in [1.807, 2.05) is 44.2 Å². The topological polar surface area (TPSA) is 88.4 Å². The first-order valence-corrected chi connectivity index (χ1v) is 10.0. The summed E-state index contributed by atoms with van der Waals surface area (Å²) in [6.07, 6.45) is 3.16. The second-order valence-electron chi connectivity index (χ2n) is 7.67. The maximum Gasteiger partial charge on any atom is 0.261 e. The molecule has 0 saturated carbocycles. The number of hydrogen-bond acceptors (Lipinski definition) is 5. The van der Waals surface area contributed by atoms with Crippen LogP contribution in [0.25, 0.3) is 5.69 Å². The molecule has 1 unspecified atom stereocenters. The largest absolute Gasteiger partial charge is 0.339 e. The molecule has 3 aromatic rings. The molecule has 0 saturated heterocycles. The van der Waals surface area contributed by atoms with Gasteiger partial charge in [0.25, 0.3) is 11.8 Å². The van der Waals surface area contributed by atoms with Crippen LogP contribution in [0.15, 0.2) is 55.1 Å². The van der Waals surface area contributed by atoms with Crippen molar-refractivity contribution in [3.63, 3.8) is 0 Å². The highest BCUT2D eigenvalue weighted by Crippen LogP contribution is 2.25. The van der Waals surface area contributed by atoms with Crippen LogP contribution in [0.1, 0.15) is 51.2 Å². The molecule has 0 N–H and O–H groups in total. The van der Waals surface area contributed by atoms with Crippen LogP contribution >= 0.6 is 0 Å². The number of hydrogen-bond donors (Lipinski definition) is 0. The molecule has 0 spiro atoms. The van der Waals surface area contributed by atoms with Crippen molar-refractivity contribution in [1.82, 2.24) is 24.6 Å². The van der Waals surface area contributed by atoms with Crippen LogP contribution in [-0.4, -0.2) is 55.9 Å². The summed E-state index contributed by atoms with van der Waals surface area (Å²) in [4.78, 5) is 44.6. The fraction of sp³-hybridized carbons (Fsp3) is 0.261. The van der Waals surface area contributed by atoms with E-state index in [1.54, 1.807) is 35.1 Å². The zero-order valence-electron chi connectivity index (χ0n) is 17.6. The van der Waals surface area contributed by atoms with Gasteiger partial charge in [0.05, 0.1) is 22.9 Å². The lowest BCUT2D eigenvalue weighted by molar-refractivity contribution is -0.131. The quantitative estimate of drug-likeness (QED) is 0.576. The Morgan fingerprint density at radius 1 is 1.06 bits per heavy atom. The molecule has 2 heterocycles. The van der Waals surface area contributed by atoms with E-state index in [0.29, 0.717) is 11.1 Å². The van der Waals surface area contributed by atoms with Crippen LogP contribution in [-0.2, 0) is 4.79 Å². The van der Waals surface area contributed by atoms with Gasteiger partial charge < -0.3 is 4.90 Å². The Labute approximate surface area is 180 Å². The predicted molar refractivity (Wildman–Crippen MR) is 114 cm³/mol. The van der Waals surface area contributed by atoms with E-state index in [0.717, 1.165) is 21.7 Å². The van der Waals surface area contributed by atoms with Crippen molar-refractivity contribution in [2.24, 2.45) is 0 Å². The Kier molecular flexibility index (Phi) is 5.37. The van der Waals surface area contributed by atoms with E-state index in [9.17, 15) is 14.4 Å². The normalized spacial score (nSPS) is 14.0. The number of aryl methyl sites for hydroxylation is 1. The minimum absolute atomic E-state index is 0.0620. The maximum atomic E-state index is 12.8. The van der Waals surface area contributed by atoms with Crippen molar-refractivity contribution in [1.29, 1.82) is 0 Å². The van der Waals surface area contributed by atoms with Crippen LogP contribution in [0.3, 0.4) is 0 Å². The highest BCUT2D eigenvalue weighted by molar-refractivity contribution is 6.21. The second kappa shape index (κ2) is 8.14. The molecule has 0 fully saturated rings. The van der Waals surface area contributed by atoms with Crippen molar-refractivity contribution in [3.05, 3.63) is 77.4 Å². The summed E-state index contributed by atoms with van der Waals surface area (Å²) in [6.45, 7) is 3.87. The average molecular weight is 417 g/mol. The lowest BCUT2D eigenvalue weighted by Crippen LogP contribution is -2.36. The number of rotatable bonds is 6. The van der Waals surface area contributed by atoms with Crippen LogP contribution in [0, 0.1) is 6.92 Å². The zero-order chi connectivity index (χ0) is 22.1. The number of imide groups is 1. The summed E-state index contributed by atoms with van der Waals surface area (Å²) in [5.41, 5.74) is 3.57. The van der Waals surface area contributed by atoms with Crippen LogP contribution < -0.4 is 0 Å². The van der Waals surface area contributed by atoms with Gasteiger partial charge in [-0.3, -0.25) is 19.3 Å². The van der Waals surface area contributed by atoms with Gasteiger partial charge in [-0.2, -0.15) is 5.10 Å². The van der Waals surface area contributed by atoms with Crippen molar-refractivity contribution < 1.29 is 14.4 Å². The van der Waals surface area contributed by atoms with E-state index in [2.05, 4.69) is 10.1 Å². The van der Waals surface area contributed by atoms with Gasteiger partial charge in [-0.1, -0.05) is 23.8 Å². The molecule has 2 aromatic carbocycles. The lowest BCUT2D eigenvalue weighted by atomic mass is 10.1. The summed E-state index contributed by atoms with van der Waals surface area (Å²) in [7, 11) is 1.73. The van der Waals surface area contributed by atoms with Crippen molar-refractivity contribution in [3.8, 4) is 5.69 Å². The molecule has 1 aliphatic heterocycles. The van der Waals surface area contributed by atoms with Crippen LogP contribution in [0.5, 0.6) is 0 Å². The summed E-state index contributed by atoms with van der Waals surface area (Å²) < 4.78 is 1.66. The van der Waals surface area contributed by atoms with E-state index in [1.165, 1.54) is 6.33 Å². The standard InChI is InChI=1S/C23H23N5O3/c1-15-4-9-19-20(12-15)23(31)27(22(19)30)11-10-21(29)26(3)16(2)17-5-7-18(8-6-17)28-14-24-13-25-28/h4-9,12-14,16H,10-11H2,1-3H3. The fourth-order valence-corrected chi connectivity index (χ4v) is 3.68. The third-order valence-electron chi connectivity index (χ3n) is 5.71. The number of aromatic nitrogens is 3. The Morgan fingerprint density at radius 2 is 1.77 bits per heavy atom. The Bertz CT molecular complexity index is 1140. The van der Waals surface area contributed by atoms with Gasteiger partial charge in [0.1, 0.15) is 12.7 Å². The minimum atomic E-state index is -0.341. The first-order chi connectivity index (χ1) is 14.9. The molecular weight excluding hydrogens is 394 g/mol. The smallest absolute Gasteiger partial charge is 0.261 e. The first kappa shape index (κ1) is 20.5. The summed E-state index contributed by atoms with van der Waals surface area (Å²) >= 11 is 0. The first-order valence-electron chi connectivity index (χ1n) is 10.0. The number of fused-ring (bicyclic) bond motifs is 1. The molecule has 1 atom stereocenters. The molecule has 8 nitrogen and oxygen atoms in total. The molecule has 0 radical (unpaired) electrons. The third kappa shape index (κ3) is 3.84. The Morgan fingerprint density at radius 3 is 2.45 bits per heavy atom. The van der Waals surface area contributed by atoms with Gasteiger partial charge in [0, 0.05) is 20.0 Å². The Balaban J connectivity index is 1.38. The monoisotopic (exact) mass is 417 g/mol. The molecular formula is C23H23N5O3. The summed E-state index contributed by atoms with van der Waals surface area (Å²) in [6, 6.07) is 12.7. The molecule has 4 rings (SSSR count). The average Bonchev–Trinajstić information content (AvgIpc) is 3.39. The molecule has 158 valence electrons. The molecule has 1 aromatic heterocycles. The van der Waals surface area contributed by atoms with Crippen molar-refractivity contribution in [2.45, 2.75) is 26.3 Å². The summed E-state index contributed by atoms with van der Waals surface area (Å²) in [5, 5.41) is 4.10. The highest BCUT2D eigenvalue weighted by Gasteiger charge is 2.35. The highest BCUT2D eigenvalue weighted by atomic mass is 16.2. The van der Waals surface area contributed by atoms with Gasteiger partial charge >= 0.3 is 0 Å². The minimum Gasteiger partial charge on any atom is -0.339 e. The van der Waals surface area contributed by atoms with Crippen molar-refractivity contribution in [2.75, 3.05) is 13.6 Å². The number of nitrogens with zero attached hydrogens (tertiary/aromatic N) is 5. The van der Waals surface area contributed by atoms with Gasteiger partial charge in [0.2, 0.25) is 5.91 Å². The molecule has 3 amide bonds. The molecule has 1 aliphatic rings. The lowest BCUT2D eigenvalue weighted by Gasteiger charge is -2.26. The second-order valence-corrected chi connectivity index (χ2v) is 7.67. The van der Waals surface area contributed by atoms with Gasteiger partial charge in [-0.05, 0) is 43.7 Å². The van der Waals surface area contributed by atoms with E-state index in [-0.39, 0.29) is 36.7 Å². The van der Waals surface area contributed by atoms with E-state index < -0.39 is 0 Å². The fourth-order valence-electron chi connectivity index (χ4n) is 3.68. The zero-order valence-corrected chi connectivity index (χ0v) is 17.6. The number of carbonyl (C=O) groups is 3. The number of amides is 3. The predicted octanol–water partition coefficient (Wildman–Crippen LogP) is 2.78. The SMILES string of the molecule is Cc1ccc2c(c1)C(=O)N(CCC(=O)N(C)C(C)c1ccc(-n3cncn3)cc1)C2=O. The molecule has 0 aliphatic carbocycles. The third-order valence-corrected chi connectivity index (χ3v) is 5.71. The van der Waals surface area contributed by atoms with Gasteiger partial charge in [-0.25, -0.2) is 9.67 Å². The number of carbonyl (C=O) groups excluding carboxylic acids is 3. The van der Waals surface area contributed by atoms with Crippen LogP contribution in [0.2, 0.25) is 0 Å². The van der Waals surface area contributed by atoms with Gasteiger partial charge in [-0.15, -0.1) is 0 Å². The maximum absolute atomic E-state index is 12.8. The van der Waals surface area contributed by atoms with Crippen LogP contribution in [0.4, 0.5) is 0 Å². The molecule has 0 bridgehead atoms. The molecule has 8 heteroatoms.